The van der Waals surface area contributed by atoms with Crippen molar-refractivity contribution >= 4 is 23.4 Å². The van der Waals surface area contributed by atoms with Gasteiger partial charge in [-0.15, -0.1) is 0 Å². The van der Waals surface area contributed by atoms with Crippen molar-refractivity contribution in [3.05, 3.63) is 22.7 Å². The average molecular weight is 315 g/mol. The fourth-order valence-corrected chi connectivity index (χ4v) is 2.08. The maximum Gasteiger partial charge on any atom is 0.306 e. The predicted molar refractivity (Wildman–Crippen MR) is 79.4 cm³/mol. The van der Waals surface area contributed by atoms with E-state index in [1.807, 2.05) is 6.92 Å². The highest BCUT2D eigenvalue weighted by Gasteiger charge is 2.19. The van der Waals surface area contributed by atoms with Crippen LogP contribution >= 0.6 is 11.6 Å². The molecule has 21 heavy (non-hydrogen) atoms. The number of hydrogen-bond donors (Lipinski definition) is 0. The lowest BCUT2D eigenvalue weighted by molar-refractivity contribution is -0.143. The van der Waals surface area contributed by atoms with Gasteiger partial charge in [0.2, 0.25) is 0 Å². The van der Waals surface area contributed by atoms with Crippen molar-refractivity contribution in [1.82, 2.24) is 0 Å². The molecule has 0 saturated carbocycles. The van der Waals surface area contributed by atoms with Crippen LogP contribution in [-0.2, 0) is 9.53 Å². The zero-order valence-electron chi connectivity index (χ0n) is 12.4. The third-order valence-electron chi connectivity index (χ3n) is 2.81. The summed E-state index contributed by atoms with van der Waals surface area (Å²) in [7, 11) is 2.93. The van der Waals surface area contributed by atoms with Gasteiger partial charge in [-0.3, -0.25) is 9.59 Å². The van der Waals surface area contributed by atoms with Crippen LogP contribution in [0.2, 0.25) is 5.02 Å². The molecule has 0 N–H and O–H groups in total. The van der Waals surface area contributed by atoms with Gasteiger partial charge in [-0.25, -0.2) is 0 Å². The number of halogens is 1. The van der Waals surface area contributed by atoms with E-state index in [1.165, 1.54) is 14.2 Å². The van der Waals surface area contributed by atoms with Gasteiger partial charge < -0.3 is 14.2 Å². The molecule has 0 heterocycles. The number of Topliss-reactive ketones (excluding diaryl/α,β-unsaturated/α-hetero) is 1. The zero-order valence-corrected chi connectivity index (χ0v) is 13.2. The predicted octanol–water partition coefficient (Wildman–Crippen LogP) is 3.27. The van der Waals surface area contributed by atoms with Crippen LogP contribution in [0.25, 0.3) is 0 Å². The molecule has 0 atom stereocenters. The van der Waals surface area contributed by atoms with Crippen molar-refractivity contribution < 1.29 is 23.8 Å². The van der Waals surface area contributed by atoms with Crippen LogP contribution in [-0.4, -0.2) is 32.6 Å². The van der Waals surface area contributed by atoms with Crippen molar-refractivity contribution in [3.63, 3.8) is 0 Å². The summed E-state index contributed by atoms with van der Waals surface area (Å²) in [4.78, 5) is 23.5. The van der Waals surface area contributed by atoms with Gasteiger partial charge in [-0.05, 0) is 18.6 Å². The van der Waals surface area contributed by atoms with E-state index >= 15 is 0 Å². The molecule has 0 bridgehead atoms. The maximum atomic E-state index is 12.1. The van der Waals surface area contributed by atoms with E-state index in [-0.39, 0.29) is 29.6 Å². The van der Waals surface area contributed by atoms with E-state index in [0.717, 1.165) is 6.42 Å². The SMILES string of the molecule is CCCOC(=O)CCC(=O)c1ccc(OC)c(OC)c1Cl. The van der Waals surface area contributed by atoms with Gasteiger partial charge in [0.1, 0.15) is 0 Å². The molecule has 0 aliphatic rings. The second kappa shape index (κ2) is 8.52. The molecule has 0 saturated heterocycles. The Morgan fingerprint density at radius 2 is 1.86 bits per heavy atom. The number of methoxy groups -OCH3 is 2. The highest BCUT2D eigenvalue weighted by atomic mass is 35.5. The Hall–Kier alpha value is -1.75. The Bertz CT molecular complexity index is 513. The Labute approximate surface area is 129 Å². The highest BCUT2D eigenvalue weighted by Crippen LogP contribution is 2.37. The van der Waals surface area contributed by atoms with E-state index in [4.69, 9.17) is 25.8 Å². The molecule has 5 nitrogen and oxygen atoms in total. The molecule has 1 aromatic rings. The van der Waals surface area contributed by atoms with E-state index in [9.17, 15) is 9.59 Å². The van der Waals surface area contributed by atoms with Crippen LogP contribution in [0.4, 0.5) is 0 Å². The van der Waals surface area contributed by atoms with Gasteiger partial charge >= 0.3 is 5.97 Å². The minimum absolute atomic E-state index is 0.0313. The van der Waals surface area contributed by atoms with Crippen LogP contribution in [0.1, 0.15) is 36.5 Å². The number of ketones is 1. The van der Waals surface area contributed by atoms with Crippen LogP contribution in [0.15, 0.2) is 12.1 Å². The average Bonchev–Trinajstić information content (AvgIpc) is 2.49. The minimum atomic E-state index is -0.387. The van der Waals surface area contributed by atoms with Crippen LogP contribution in [0.3, 0.4) is 0 Å². The number of carbonyl (C=O) groups is 2. The number of esters is 1. The van der Waals surface area contributed by atoms with Crippen LogP contribution in [0, 0.1) is 0 Å². The maximum absolute atomic E-state index is 12.1. The second-order valence-corrected chi connectivity index (χ2v) is 4.68. The molecule has 0 aromatic heterocycles. The lowest BCUT2D eigenvalue weighted by Crippen LogP contribution is -2.09. The van der Waals surface area contributed by atoms with Gasteiger partial charge in [0.05, 0.1) is 32.3 Å². The number of ether oxygens (including phenoxy) is 3. The highest BCUT2D eigenvalue weighted by molar-refractivity contribution is 6.35. The Morgan fingerprint density at radius 3 is 2.43 bits per heavy atom. The number of hydrogen-bond acceptors (Lipinski definition) is 5. The third kappa shape index (κ3) is 4.63. The molecule has 1 aromatic carbocycles. The first-order chi connectivity index (χ1) is 10.0. The summed E-state index contributed by atoms with van der Waals surface area (Å²) in [5, 5.41) is 0.184. The van der Waals surface area contributed by atoms with Crippen molar-refractivity contribution in [3.8, 4) is 11.5 Å². The smallest absolute Gasteiger partial charge is 0.306 e. The van der Waals surface area contributed by atoms with Crippen molar-refractivity contribution in [2.24, 2.45) is 0 Å². The second-order valence-electron chi connectivity index (χ2n) is 4.31. The van der Waals surface area contributed by atoms with E-state index in [1.54, 1.807) is 12.1 Å². The number of rotatable bonds is 8. The van der Waals surface area contributed by atoms with Gasteiger partial charge in [-0.2, -0.15) is 0 Å². The molecular weight excluding hydrogens is 296 g/mol. The summed E-state index contributed by atoms with van der Waals surface area (Å²) >= 11 is 6.14. The molecule has 0 aliphatic carbocycles. The van der Waals surface area contributed by atoms with Crippen LogP contribution < -0.4 is 9.47 Å². The summed E-state index contributed by atoms with van der Waals surface area (Å²) in [6, 6.07) is 3.16. The van der Waals surface area contributed by atoms with Crippen molar-refractivity contribution in [2.45, 2.75) is 26.2 Å². The summed E-state index contributed by atoms with van der Waals surface area (Å²) < 4.78 is 15.2. The van der Waals surface area contributed by atoms with E-state index in [0.29, 0.717) is 23.7 Å². The standard InChI is InChI=1S/C15H19ClO5/c1-4-9-21-13(18)8-6-11(17)10-5-7-12(19-2)15(20-3)14(10)16/h5,7H,4,6,8-9H2,1-3H3. The lowest BCUT2D eigenvalue weighted by Gasteiger charge is -2.12. The molecule has 0 amide bonds. The quantitative estimate of drug-likeness (QED) is 0.544. The summed E-state index contributed by atoms with van der Waals surface area (Å²) in [6.45, 7) is 2.27. The molecular formula is C15H19ClO5. The van der Waals surface area contributed by atoms with Gasteiger partial charge in [-0.1, -0.05) is 18.5 Å². The lowest BCUT2D eigenvalue weighted by atomic mass is 10.1. The molecule has 0 aliphatic heterocycles. The Morgan fingerprint density at radius 1 is 1.14 bits per heavy atom. The van der Waals surface area contributed by atoms with Crippen LogP contribution in [0.5, 0.6) is 11.5 Å². The Kier molecular flexibility index (Phi) is 7.02. The molecule has 116 valence electrons. The normalized spacial score (nSPS) is 10.1. The molecule has 0 spiro atoms. The third-order valence-corrected chi connectivity index (χ3v) is 3.18. The van der Waals surface area contributed by atoms with Gasteiger partial charge in [0, 0.05) is 12.0 Å². The fraction of sp³-hybridized carbons (Fsp3) is 0.467. The molecule has 1 rings (SSSR count). The first-order valence-electron chi connectivity index (χ1n) is 6.64. The van der Waals surface area contributed by atoms with Gasteiger partial charge in [0.25, 0.3) is 0 Å². The Balaban J connectivity index is 2.77. The molecule has 6 heteroatoms. The first-order valence-corrected chi connectivity index (χ1v) is 7.02. The first kappa shape index (κ1) is 17.3. The molecule has 0 fully saturated rings. The summed E-state index contributed by atoms with van der Waals surface area (Å²) in [5.74, 6) is 0.121. The van der Waals surface area contributed by atoms with Crippen molar-refractivity contribution in [2.75, 3.05) is 20.8 Å². The number of carbonyl (C=O) groups excluding carboxylic acids is 2. The fourth-order valence-electron chi connectivity index (χ4n) is 1.74. The zero-order chi connectivity index (χ0) is 15.8. The topological polar surface area (TPSA) is 61.8 Å². The van der Waals surface area contributed by atoms with E-state index in [2.05, 4.69) is 0 Å². The largest absolute Gasteiger partial charge is 0.493 e. The number of benzene rings is 1. The monoisotopic (exact) mass is 314 g/mol. The molecule has 0 radical (unpaired) electrons. The van der Waals surface area contributed by atoms with E-state index < -0.39 is 0 Å². The summed E-state index contributed by atoms with van der Waals surface area (Å²) in [5.41, 5.74) is 0.303. The van der Waals surface area contributed by atoms with Gasteiger partial charge in [0.15, 0.2) is 17.3 Å². The minimum Gasteiger partial charge on any atom is -0.493 e. The summed E-state index contributed by atoms with van der Waals surface area (Å²) in [6.07, 6.45) is 0.822. The van der Waals surface area contributed by atoms with Crippen molar-refractivity contribution in [1.29, 1.82) is 0 Å². The molecule has 0 unspecified atom stereocenters.